The minimum absolute atomic E-state index is 0.0913. The van der Waals surface area contributed by atoms with Crippen LogP contribution in [0.3, 0.4) is 0 Å². The summed E-state index contributed by atoms with van der Waals surface area (Å²) < 4.78 is 18.7. The summed E-state index contributed by atoms with van der Waals surface area (Å²) in [6.07, 6.45) is 1.44. The average molecular weight is 345 g/mol. The molecule has 1 amide bonds. The molecule has 0 aliphatic carbocycles. The van der Waals surface area contributed by atoms with Crippen molar-refractivity contribution in [1.29, 1.82) is 0 Å². The van der Waals surface area contributed by atoms with Crippen LogP contribution in [0.5, 0.6) is 5.75 Å². The fourth-order valence-electron chi connectivity index (χ4n) is 2.90. The number of carbonyl (C=O) groups excluding carboxylic acids is 1. The van der Waals surface area contributed by atoms with Crippen molar-refractivity contribution >= 4 is 5.91 Å². The third kappa shape index (κ3) is 4.06. The standard InChI is InChI=1S/C18H20FN3O3/c1-25-16-4-2-13(10-15(16)19)12-21-6-8-22(9-7-21)18(24)14-3-5-17(23)20-11-14/h2-5,10-11H,6-9,12H2,1H3,(H,20,23). The van der Waals surface area contributed by atoms with Gasteiger partial charge in [-0.05, 0) is 23.8 Å². The van der Waals surface area contributed by atoms with Gasteiger partial charge in [-0.1, -0.05) is 6.07 Å². The Hall–Kier alpha value is -2.67. The molecule has 1 aromatic carbocycles. The highest BCUT2D eigenvalue weighted by Crippen LogP contribution is 2.19. The van der Waals surface area contributed by atoms with Crippen molar-refractivity contribution in [1.82, 2.24) is 14.8 Å². The van der Waals surface area contributed by atoms with E-state index in [9.17, 15) is 14.0 Å². The molecule has 3 rings (SSSR count). The van der Waals surface area contributed by atoms with Gasteiger partial charge in [-0.3, -0.25) is 14.5 Å². The molecular weight excluding hydrogens is 325 g/mol. The minimum Gasteiger partial charge on any atom is -0.494 e. The topological polar surface area (TPSA) is 65.6 Å². The van der Waals surface area contributed by atoms with Crippen LogP contribution < -0.4 is 10.3 Å². The Bertz CT molecular complexity index is 793. The van der Waals surface area contributed by atoms with Gasteiger partial charge in [0, 0.05) is 45.0 Å². The van der Waals surface area contributed by atoms with Crippen molar-refractivity contribution < 1.29 is 13.9 Å². The first kappa shape index (κ1) is 17.2. The molecule has 2 aromatic rings. The summed E-state index contributed by atoms with van der Waals surface area (Å²) in [6.45, 7) is 3.24. The lowest BCUT2D eigenvalue weighted by atomic mass is 10.1. The molecule has 1 aliphatic rings. The first-order chi connectivity index (χ1) is 12.1. The van der Waals surface area contributed by atoms with Crippen LogP contribution in [-0.4, -0.2) is 54.0 Å². The van der Waals surface area contributed by atoms with E-state index in [1.807, 2.05) is 6.07 Å². The number of methoxy groups -OCH3 is 1. The van der Waals surface area contributed by atoms with Gasteiger partial charge in [0.2, 0.25) is 5.56 Å². The van der Waals surface area contributed by atoms with Crippen LogP contribution >= 0.6 is 0 Å². The molecule has 0 spiro atoms. The first-order valence-electron chi connectivity index (χ1n) is 8.09. The highest BCUT2D eigenvalue weighted by molar-refractivity contribution is 5.93. The molecule has 7 heteroatoms. The van der Waals surface area contributed by atoms with Crippen LogP contribution in [0, 0.1) is 5.82 Å². The molecule has 0 radical (unpaired) electrons. The second-order valence-electron chi connectivity index (χ2n) is 5.98. The number of piperazine rings is 1. The average Bonchev–Trinajstić information content (AvgIpc) is 2.63. The Kier molecular flexibility index (Phi) is 5.14. The molecule has 0 unspecified atom stereocenters. The molecule has 1 saturated heterocycles. The maximum Gasteiger partial charge on any atom is 0.255 e. The molecule has 1 aromatic heterocycles. The van der Waals surface area contributed by atoms with E-state index in [-0.39, 0.29) is 23.0 Å². The molecule has 6 nitrogen and oxygen atoms in total. The van der Waals surface area contributed by atoms with Gasteiger partial charge in [-0.2, -0.15) is 0 Å². The second-order valence-corrected chi connectivity index (χ2v) is 5.98. The maximum atomic E-state index is 13.8. The molecule has 1 aliphatic heterocycles. The third-order valence-electron chi connectivity index (χ3n) is 4.31. The van der Waals surface area contributed by atoms with Crippen molar-refractivity contribution in [2.45, 2.75) is 6.54 Å². The van der Waals surface area contributed by atoms with Gasteiger partial charge < -0.3 is 14.6 Å². The highest BCUT2D eigenvalue weighted by Gasteiger charge is 2.22. The van der Waals surface area contributed by atoms with E-state index in [2.05, 4.69) is 9.88 Å². The number of benzene rings is 1. The van der Waals surface area contributed by atoms with Crippen molar-refractivity contribution in [3.8, 4) is 5.75 Å². The van der Waals surface area contributed by atoms with Gasteiger partial charge in [0.25, 0.3) is 5.91 Å². The van der Waals surface area contributed by atoms with Crippen LogP contribution in [0.1, 0.15) is 15.9 Å². The Morgan fingerprint density at radius 1 is 1.20 bits per heavy atom. The summed E-state index contributed by atoms with van der Waals surface area (Å²) in [4.78, 5) is 30.0. The number of ether oxygens (including phenoxy) is 1. The van der Waals surface area contributed by atoms with E-state index in [1.165, 1.54) is 31.5 Å². The molecule has 25 heavy (non-hydrogen) atoms. The fraction of sp³-hybridized carbons (Fsp3) is 0.333. The summed E-state index contributed by atoms with van der Waals surface area (Å²) in [5.41, 5.74) is 1.12. The van der Waals surface area contributed by atoms with E-state index in [0.717, 1.165) is 5.56 Å². The summed E-state index contributed by atoms with van der Waals surface area (Å²) in [7, 11) is 1.44. The van der Waals surface area contributed by atoms with E-state index in [0.29, 0.717) is 38.3 Å². The third-order valence-corrected chi connectivity index (χ3v) is 4.31. The molecule has 0 saturated carbocycles. The Morgan fingerprint density at radius 2 is 1.96 bits per heavy atom. The van der Waals surface area contributed by atoms with Crippen LogP contribution in [0.4, 0.5) is 4.39 Å². The van der Waals surface area contributed by atoms with Gasteiger partial charge in [0.05, 0.1) is 12.7 Å². The molecule has 0 bridgehead atoms. The summed E-state index contributed by atoms with van der Waals surface area (Å²) in [5.74, 6) is -0.224. The fourth-order valence-corrected chi connectivity index (χ4v) is 2.90. The van der Waals surface area contributed by atoms with Crippen LogP contribution in [0.25, 0.3) is 0 Å². The predicted molar refractivity (Wildman–Crippen MR) is 91.2 cm³/mol. The summed E-state index contributed by atoms with van der Waals surface area (Å²) in [6, 6.07) is 7.84. The Balaban J connectivity index is 1.56. The van der Waals surface area contributed by atoms with Crippen molar-refractivity contribution in [3.05, 3.63) is 63.8 Å². The van der Waals surface area contributed by atoms with Crippen molar-refractivity contribution in [2.24, 2.45) is 0 Å². The second kappa shape index (κ2) is 7.48. The number of aromatic nitrogens is 1. The van der Waals surface area contributed by atoms with Crippen LogP contribution in [0.15, 0.2) is 41.3 Å². The molecule has 1 fully saturated rings. The number of hydrogen-bond donors (Lipinski definition) is 1. The number of carbonyl (C=O) groups is 1. The minimum atomic E-state index is -0.369. The number of rotatable bonds is 4. The zero-order valence-corrected chi connectivity index (χ0v) is 14.0. The summed E-state index contributed by atoms with van der Waals surface area (Å²) >= 11 is 0. The van der Waals surface area contributed by atoms with Gasteiger partial charge in [0.1, 0.15) is 0 Å². The number of aromatic amines is 1. The number of pyridine rings is 1. The number of H-pyrrole nitrogens is 1. The van der Waals surface area contributed by atoms with Gasteiger partial charge in [0.15, 0.2) is 11.6 Å². The zero-order chi connectivity index (χ0) is 17.8. The lowest BCUT2D eigenvalue weighted by molar-refractivity contribution is 0.0628. The zero-order valence-electron chi connectivity index (χ0n) is 14.0. The van der Waals surface area contributed by atoms with E-state index >= 15 is 0 Å². The normalized spacial score (nSPS) is 15.2. The van der Waals surface area contributed by atoms with E-state index in [1.54, 1.807) is 11.0 Å². The number of nitrogens with one attached hydrogen (secondary N) is 1. The Morgan fingerprint density at radius 3 is 2.56 bits per heavy atom. The molecular formula is C18H20FN3O3. The number of amides is 1. The predicted octanol–water partition coefficient (Wildman–Crippen LogP) is 1.48. The highest BCUT2D eigenvalue weighted by atomic mass is 19.1. The van der Waals surface area contributed by atoms with E-state index in [4.69, 9.17) is 4.74 Å². The summed E-state index contributed by atoms with van der Waals surface area (Å²) in [5, 5.41) is 0. The van der Waals surface area contributed by atoms with Crippen LogP contribution in [-0.2, 0) is 6.54 Å². The lowest BCUT2D eigenvalue weighted by Gasteiger charge is -2.34. The lowest BCUT2D eigenvalue weighted by Crippen LogP contribution is -2.48. The Labute approximate surface area is 144 Å². The van der Waals surface area contributed by atoms with Crippen molar-refractivity contribution in [3.63, 3.8) is 0 Å². The molecule has 2 heterocycles. The molecule has 132 valence electrons. The van der Waals surface area contributed by atoms with Crippen molar-refractivity contribution in [2.75, 3.05) is 33.3 Å². The monoisotopic (exact) mass is 345 g/mol. The van der Waals surface area contributed by atoms with Gasteiger partial charge in [-0.15, -0.1) is 0 Å². The maximum absolute atomic E-state index is 13.8. The van der Waals surface area contributed by atoms with E-state index < -0.39 is 0 Å². The number of hydrogen-bond acceptors (Lipinski definition) is 4. The smallest absolute Gasteiger partial charge is 0.255 e. The first-order valence-corrected chi connectivity index (χ1v) is 8.09. The largest absolute Gasteiger partial charge is 0.494 e. The SMILES string of the molecule is COc1ccc(CN2CCN(C(=O)c3ccc(=O)[nH]c3)CC2)cc1F. The number of nitrogens with zero attached hydrogens (tertiary/aromatic N) is 2. The van der Waals surface area contributed by atoms with Gasteiger partial charge in [-0.25, -0.2) is 4.39 Å². The number of halogens is 1. The van der Waals surface area contributed by atoms with Crippen LogP contribution in [0.2, 0.25) is 0 Å². The molecule has 0 atom stereocenters. The quantitative estimate of drug-likeness (QED) is 0.912. The molecule has 1 N–H and O–H groups in total. The van der Waals surface area contributed by atoms with Gasteiger partial charge >= 0.3 is 0 Å².